The van der Waals surface area contributed by atoms with E-state index in [2.05, 4.69) is 10.2 Å². The Morgan fingerprint density at radius 2 is 2.07 bits per heavy atom. The number of nitrogens with two attached hydrogens (primary N) is 1. The lowest BCUT2D eigenvalue weighted by molar-refractivity contribution is -0.119. The highest BCUT2D eigenvalue weighted by Crippen LogP contribution is 2.39. The van der Waals surface area contributed by atoms with E-state index < -0.39 is 12.7 Å². The Balaban J connectivity index is 1.44. The average molecular weight is 392 g/mol. The molecule has 2 saturated heterocycles. The van der Waals surface area contributed by atoms with E-state index in [9.17, 15) is 24.7 Å². The molecule has 1 aromatic carbocycles. The van der Waals surface area contributed by atoms with Crippen LogP contribution < -0.4 is 20.4 Å². The van der Waals surface area contributed by atoms with E-state index in [1.54, 1.807) is 12.1 Å². The number of carboxylic acids is 1. The minimum Gasteiger partial charge on any atom is -0.669 e. The number of hydrogen-bond acceptors (Lipinski definition) is 8. The maximum Gasteiger partial charge on any atom is 0.430 e. The third-order valence-electron chi connectivity index (χ3n) is 5.65. The van der Waals surface area contributed by atoms with Crippen LogP contribution in [0.25, 0.3) is 0 Å². The van der Waals surface area contributed by atoms with Gasteiger partial charge in [-0.05, 0) is 24.5 Å². The molecule has 0 spiro atoms. The molecule has 4 rings (SSSR count). The van der Waals surface area contributed by atoms with Crippen molar-refractivity contribution in [2.24, 2.45) is 5.73 Å². The first-order valence-corrected chi connectivity index (χ1v) is 9.35. The number of rotatable bonds is 5. The Hall–Kier alpha value is -2.34. The first-order valence-electron chi connectivity index (χ1n) is 9.35. The molecule has 0 radical (unpaired) electrons. The number of nitrogens with zero attached hydrogens (tertiary/aromatic N) is 1. The number of aryl methyl sites for hydroxylation is 1. The lowest BCUT2D eigenvalue weighted by Crippen LogP contribution is -2.58. The normalized spacial score (nSPS) is 26.8. The SMILES string of the molecule is NC(=O)[C@H]1C[C@H](N2CC(Oc3ccc4c(c3C(=O)O)O[B-](O)(O)CC4)C2)CN1. The molecule has 11 heteroatoms. The number of carbonyl (C=O) groups excluding carboxylic acids is 1. The summed E-state index contributed by atoms with van der Waals surface area (Å²) in [6.45, 7) is -1.20. The highest BCUT2D eigenvalue weighted by Gasteiger charge is 2.40. The number of amides is 1. The van der Waals surface area contributed by atoms with Crippen LogP contribution in [0.3, 0.4) is 0 Å². The first-order chi connectivity index (χ1) is 13.2. The van der Waals surface area contributed by atoms with Crippen LogP contribution in [0.4, 0.5) is 0 Å². The summed E-state index contributed by atoms with van der Waals surface area (Å²) in [6.07, 6.45) is 0.777. The number of nitrogens with one attached hydrogen (secondary N) is 1. The summed E-state index contributed by atoms with van der Waals surface area (Å²) in [7, 11) is 0. The molecule has 0 saturated carbocycles. The van der Waals surface area contributed by atoms with Crippen molar-refractivity contribution in [1.82, 2.24) is 10.2 Å². The van der Waals surface area contributed by atoms with E-state index in [-0.39, 0.29) is 47.5 Å². The Kier molecular flexibility index (Phi) is 4.70. The molecule has 28 heavy (non-hydrogen) atoms. The van der Waals surface area contributed by atoms with E-state index in [0.29, 0.717) is 38.0 Å². The van der Waals surface area contributed by atoms with E-state index in [0.717, 1.165) is 0 Å². The lowest BCUT2D eigenvalue weighted by atomic mass is 9.70. The zero-order valence-electron chi connectivity index (χ0n) is 15.2. The van der Waals surface area contributed by atoms with Gasteiger partial charge in [0.05, 0.1) is 11.8 Å². The summed E-state index contributed by atoms with van der Waals surface area (Å²) >= 11 is 0. The Morgan fingerprint density at radius 3 is 2.71 bits per heavy atom. The molecular weight excluding hydrogens is 369 g/mol. The molecule has 3 heterocycles. The lowest BCUT2D eigenvalue weighted by Gasteiger charge is -2.43. The maximum atomic E-state index is 11.8. The zero-order valence-corrected chi connectivity index (χ0v) is 15.2. The number of likely N-dealkylation sites (tertiary alicyclic amines) is 1. The maximum absolute atomic E-state index is 11.8. The van der Waals surface area contributed by atoms with Crippen LogP contribution in [0.15, 0.2) is 12.1 Å². The number of ether oxygens (including phenoxy) is 1. The fourth-order valence-corrected chi connectivity index (χ4v) is 4.06. The van der Waals surface area contributed by atoms with Gasteiger partial charge in [0.2, 0.25) is 5.91 Å². The Labute approximate surface area is 161 Å². The fraction of sp³-hybridized carbons (Fsp3) is 0.529. The smallest absolute Gasteiger partial charge is 0.430 e. The molecule has 3 aliphatic rings. The quantitative estimate of drug-likeness (QED) is 0.378. The van der Waals surface area contributed by atoms with Gasteiger partial charge in [-0.2, -0.15) is 0 Å². The second-order valence-electron chi connectivity index (χ2n) is 7.69. The van der Waals surface area contributed by atoms with Crippen LogP contribution in [0.2, 0.25) is 6.32 Å². The largest absolute Gasteiger partial charge is 0.669 e. The van der Waals surface area contributed by atoms with Crippen molar-refractivity contribution >= 4 is 18.6 Å². The summed E-state index contributed by atoms with van der Waals surface area (Å²) in [6, 6.07) is 3.15. The number of fused-ring (bicyclic) bond motifs is 1. The van der Waals surface area contributed by atoms with Gasteiger partial charge in [0, 0.05) is 25.7 Å². The van der Waals surface area contributed by atoms with E-state index in [1.807, 2.05) is 0 Å². The summed E-state index contributed by atoms with van der Waals surface area (Å²) in [5.74, 6) is -1.51. The predicted octanol–water partition coefficient (Wildman–Crippen LogP) is -1.48. The molecule has 3 aliphatic heterocycles. The molecule has 2 fully saturated rings. The van der Waals surface area contributed by atoms with Crippen molar-refractivity contribution < 1.29 is 34.1 Å². The van der Waals surface area contributed by atoms with Gasteiger partial charge in [-0.1, -0.05) is 12.4 Å². The zero-order chi connectivity index (χ0) is 20.1. The molecule has 152 valence electrons. The predicted molar refractivity (Wildman–Crippen MR) is 98.1 cm³/mol. The first kappa shape index (κ1) is 19.0. The van der Waals surface area contributed by atoms with Crippen LogP contribution in [0, 0.1) is 0 Å². The van der Waals surface area contributed by atoms with E-state index in [1.165, 1.54) is 0 Å². The molecule has 0 unspecified atom stereocenters. The average Bonchev–Trinajstić information content (AvgIpc) is 3.05. The van der Waals surface area contributed by atoms with Crippen LogP contribution in [0.5, 0.6) is 11.5 Å². The number of aromatic carboxylic acids is 1. The van der Waals surface area contributed by atoms with Crippen LogP contribution in [0.1, 0.15) is 22.3 Å². The van der Waals surface area contributed by atoms with Crippen molar-refractivity contribution in [3.8, 4) is 11.5 Å². The molecule has 0 aromatic heterocycles. The molecule has 10 nitrogen and oxygen atoms in total. The highest BCUT2D eigenvalue weighted by molar-refractivity contribution is 6.59. The molecular formula is C17H23BN3O7-. The number of hydrogen-bond donors (Lipinski definition) is 5. The molecule has 6 N–H and O–H groups in total. The van der Waals surface area contributed by atoms with Crippen molar-refractivity contribution in [1.29, 1.82) is 0 Å². The van der Waals surface area contributed by atoms with Crippen molar-refractivity contribution in [3.63, 3.8) is 0 Å². The second kappa shape index (κ2) is 6.92. The molecule has 1 amide bonds. The van der Waals surface area contributed by atoms with Crippen molar-refractivity contribution in [2.75, 3.05) is 19.6 Å². The summed E-state index contributed by atoms with van der Waals surface area (Å²) in [4.78, 5) is 25.2. The summed E-state index contributed by atoms with van der Waals surface area (Å²) < 4.78 is 11.0. The van der Waals surface area contributed by atoms with Crippen LogP contribution in [-0.2, 0) is 11.2 Å². The monoisotopic (exact) mass is 392 g/mol. The van der Waals surface area contributed by atoms with Crippen molar-refractivity contribution in [2.45, 2.75) is 37.3 Å². The van der Waals surface area contributed by atoms with E-state index >= 15 is 0 Å². The van der Waals surface area contributed by atoms with Gasteiger partial charge in [0.15, 0.2) is 0 Å². The minimum atomic E-state index is -3.07. The van der Waals surface area contributed by atoms with Gasteiger partial charge in [-0.3, -0.25) is 9.69 Å². The molecule has 1 aromatic rings. The highest BCUT2D eigenvalue weighted by atomic mass is 16.6. The van der Waals surface area contributed by atoms with Gasteiger partial charge in [0.25, 0.3) is 0 Å². The summed E-state index contributed by atoms with van der Waals surface area (Å²) in [5, 5.41) is 32.3. The van der Waals surface area contributed by atoms with Gasteiger partial charge in [0.1, 0.15) is 17.4 Å². The Bertz CT molecular complexity index is 812. The standard InChI is InChI=1S/C17H23BN3O7/c19-16(22)12-5-10(6-20-12)21-7-11(8-21)27-13-2-1-9-3-4-18(25,26)28-15(9)14(13)17(23)24/h1-2,10-12,20,25-26H,3-8H2,(H2,19,22)(H,23,24)/q-1/t10-,12+/m0/s1. The number of carboxylic acid groups (broad SMARTS) is 1. The second-order valence-corrected chi connectivity index (χ2v) is 7.69. The molecule has 0 bridgehead atoms. The van der Waals surface area contributed by atoms with Gasteiger partial charge in [-0.25, -0.2) is 4.79 Å². The van der Waals surface area contributed by atoms with Crippen LogP contribution >= 0.6 is 0 Å². The van der Waals surface area contributed by atoms with Crippen LogP contribution in [-0.4, -0.2) is 76.5 Å². The molecule has 0 aliphatic carbocycles. The minimum absolute atomic E-state index is 0.0194. The topological polar surface area (TPSA) is 155 Å². The van der Waals surface area contributed by atoms with Crippen molar-refractivity contribution in [3.05, 3.63) is 23.3 Å². The van der Waals surface area contributed by atoms with Gasteiger partial charge in [-0.15, -0.1) is 0 Å². The third-order valence-corrected chi connectivity index (χ3v) is 5.65. The fourth-order valence-electron chi connectivity index (χ4n) is 4.06. The van der Waals surface area contributed by atoms with Gasteiger partial charge < -0.3 is 35.6 Å². The Morgan fingerprint density at radius 1 is 1.32 bits per heavy atom. The number of carbonyl (C=O) groups is 2. The summed E-state index contributed by atoms with van der Waals surface area (Å²) in [5.41, 5.74) is 5.74. The number of primary amides is 1. The van der Waals surface area contributed by atoms with E-state index in [4.69, 9.17) is 15.1 Å². The molecule has 2 atom stereocenters. The third kappa shape index (κ3) is 3.53. The van der Waals surface area contributed by atoms with Gasteiger partial charge >= 0.3 is 12.7 Å². The number of benzene rings is 1.